The maximum absolute atomic E-state index is 6.05. The van der Waals surface area contributed by atoms with Gasteiger partial charge in [-0.2, -0.15) is 4.98 Å². The fourth-order valence-corrected chi connectivity index (χ4v) is 2.82. The third-order valence-corrected chi connectivity index (χ3v) is 3.87. The van der Waals surface area contributed by atoms with Crippen molar-refractivity contribution in [2.45, 2.75) is 39.5 Å². The maximum atomic E-state index is 6.05. The molecule has 1 fully saturated rings. The lowest BCUT2D eigenvalue weighted by atomic mass is 9.92. The van der Waals surface area contributed by atoms with Gasteiger partial charge in [-0.15, -0.1) is 0 Å². The minimum Gasteiger partial charge on any atom is -0.394 e. The number of nitrogen functional groups attached to an aromatic ring is 1. The molecule has 0 spiro atoms. The molecule has 2 N–H and O–H groups in total. The van der Waals surface area contributed by atoms with Gasteiger partial charge in [0, 0.05) is 13.1 Å². The summed E-state index contributed by atoms with van der Waals surface area (Å²) in [5, 5.41) is 0.285. The number of anilines is 2. The van der Waals surface area contributed by atoms with Crippen LogP contribution in [0.3, 0.4) is 0 Å². The van der Waals surface area contributed by atoms with Crippen molar-refractivity contribution in [2.24, 2.45) is 5.92 Å². The van der Waals surface area contributed by atoms with Crippen molar-refractivity contribution in [3.05, 3.63) is 11.0 Å². The standard InChI is InChI=1S/C13H21ClN4/c1-3-4-10-5-7-18(8-6-10)12-11(15)9(2)16-13(14)17-12/h10H,3-8,15H2,1-2H3. The summed E-state index contributed by atoms with van der Waals surface area (Å²) in [6.07, 6.45) is 5.03. The first-order valence-electron chi connectivity index (χ1n) is 6.66. The highest BCUT2D eigenvalue weighted by molar-refractivity contribution is 6.28. The molecule has 18 heavy (non-hydrogen) atoms. The molecule has 1 aliphatic heterocycles. The van der Waals surface area contributed by atoms with Crippen molar-refractivity contribution in [3.8, 4) is 0 Å². The second kappa shape index (κ2) is 5.74. The van der Waals surface area contributed by atoms with Gasteiger partial charge < -0.3 is 10.6 Å². The van der Waals surface area contributed by atoms with Crippen LogP contribution in [-0.2, 0) is 0 Å². The number of rotatable bonds is 3. The molecule has 0 bridgehead atoms. The first-order chi connectivity index (χ1) is 8.61. The van der Waals surface area contributed by atoms with E-state index in [0.717, 1.165) is 30.5 Å². The van der Waals surface area contributed by atoms with Crippen LogP contribution >= 0.6 is 11.6 Å². The van der Waals surface area contributed by atoms with Gasteiger partial charge in [0.2, 0.25) is 5.28 Å². The van der Waals surface area contributed by atoms with Crippen molar-refractivity contribution in [1.82, 2.24) is 9.97 Å². The Morgan fingerprint density at radius 1 is 1.33 bits per heavy atom. The first kappa shape index (κ1) is 13.4. The number of hydrogen-bond acceptors (Lipinski definition) is 4. The highest BCUT2D eigenvalue weighted by Crippen LogP contribution is 2.30. The van der Waals surface area contributed by atoms with Crippen LogP contribution in [-0.4, -0.2) is 23.1 Å². The van der Waals surface area contributed by atoms with Crippen LogP contribution in [0.1, 0.15) is 38.3 Å². The zero-order chi connectivity index (χ0) is 13.1. The third kappa shape index (κ3) is 2.86. The molecule has 1 aromatic rings. The van der Waals surface area contributed by atoms with Gasteiger partial charge in [0.25, 0.3) is 0 Å². The van der Waals surface area contributed by atoms with E-state index < -0.39 is 0 Å². The number of halogens is 1. The van der Waals surface area contributed by atoms with E-state index in [-0.39, 0.29) is 5.28 Å². The van der Waals surface area contributed by atoms with Gasteiger partial charge in [-0.25, -0.2) is 4.98 Å². The molecular weight excluding hydrogens is 248 g/mol. The van der Waals surface area contributed by atoms with Crippen LogP contribution in [0, 0.1) is 12.8 Å². The van der Waals surface area contributed by atoms with E-state index in [1.165, 1.54) is 25.7 Å². The minimum atomic E-state index is 0.285. The van der Waals surface area contributed by atoms with Crippen LogP contribution in [0.15, 0.2) is 0 Å². The molecule has 5 heteroatoms. The molecule has 0 unspecified atom stereocenters. The third-order valence-electron chi connectivity index (χ3n) is 3.70. The molecule has 0 radical (unpaired) electrons. The molecule has 2 rings (SSSR count). The molecule has 1 aliphatic rings. The molecule has 0 aliphatic carbocycles. The summed E-state index contributed by atoms with van der Waals surface area (Å²) < 4.78 is 0. The summed E-state index contributed by atoms with van der Waals surface area (Å²) in [7, 11) is 0. The fourth-order valence-electron chi connectivity index (χ4n) is 2.62. The summed E-state index contributed by atoms with van der Waals surface area (Å²) in [6, 6.07) is 0. The topological polar surface area (TPSA) is 55.0 Å². The van der Waals surface area contributed by atoms with E-state index in [4.69, 9.17) is 17.3 Å². The van der Waals surface area contributed by atoms with Crippen molar-refractivity contribution in [2.75, 3.05) is 23.7 Å². The van der Waals surface area contributed by atoms with Gasteiger partial charge in [-0.05, 0) is 37.3 Å². The van der Waals surface area contributed by atoms with Crippen LogP contribution < -0.4 is 10.6 Å². The molecule has 0 aromatic carbocycles. The summed E-state index contributed by atoms with van der Waals surface area (Å²) in [4.78, 5) is 10.6. The van der Waals surface area contributed by atoms with Crippen molar-refractivity contribution < 1.29 is 0 Å². The Bertz CT molecular complexity index is 414. The van der Waals surface area contributed by atoms with Crippen molar-refractivity contribution in [3.63, 3.8) is 0 Å². The summed E-state index contributed by atoms with van der Waals surface area (Å²) in [5.41, 5.74) is 7.48. The lowest BCUT2D eigenvalue weighted by Gasteiger charge is -2.33. The number of piperidine rings is 1. The highest BCUT2D eigenvalue weighted by Gasteiger charge is 2.22. The number of nitrogens with two attached hydrogens (primary N) is 1. The highest BCUT2D eigenvalue weighted by atomic mass is 35.5. The predicted octanol–water partition coefficient (Wildman–Crippen LogP) is 3.04. The number of aromatic nitrogens is 2. The molecule has 2 heterocycles. The minimum absolute atomic E-state index is 0.285. The number of hydrogen-bond donors (Lipinski definition) is 1. The van der Waals surface area contributed by atoms with Crippen molar-refractivity contribution in [1.29, 1.82) is 0 Å². The predicted molar refractivity (Wildman–Crippen MR) is 76.0 cm³/mol. The SMILES string of the molecule is CCCC1CCN(c2nc(Cl)nc(C)c2N)CC1. The molecule has 0 amide bonds. The second-order valence-corrected chi connectivity index (χ2v) is 5.37. The molecule has 4 nitrogen and oxygen atoms in total. The first-order valence-corrected chi connectivity index (χ1v) is 7.04. The van der Waals surface area contributed by atoms with Crippen LogP contribution in [0.4, 0.5) is 11.5 Å². The quantitative estimate of drug-likeness (QED) is 0.856. The Morgan fingerprint density at radius 2 is 2.00 bits per heavy atom. The Hall–Kier alpha value is -1.03. The molecule has 0 atom stereocenters. The van der Waals surface area contributed by atoms with Gasteiger partial charge in [-0.1, -0.05) is 19.8 Å². The Kier molecular flexibility index (Phi) is 4.27. The maximum Gasteiger partial charge on any atom is 0.224 e. The largest absolute Gasteiger partial charge is 0.394 e. The molecule has 1 saturated heterocycles. The van der Waals surface area contributed by atoms with Gasteiger partial charge >= 0.3 is 0 Å². The molecule has 1 aromatic heterocycles. The lowest BCUT2D eigenvalue weighted by molar-refractivity contribution is 0.377. The Labute approximate surface area is 114 Å². The smallest absolute Gasteiger partial charge is 0.224 e. The summed E-state index contributed by atoms with van der Waals surface area (Å²) >= 11 is 5.92. The Balaban J connectivity index is 2.10. The monoisotopic (exact) mass is 268 g/mol. The number of aryl methyl sites for hydroxylation is 1. The summed E-state index contributed by atoms with van der Waals surface area (Å²) in [6.45, 7) is 6.15. The molecule has 0 saturated carbocycles. The lowest BCUT2D eigenvalue weighted by Crippen LogP contribution is -2.35. The van der Waals surface area contributed by atoms with E-state index in [1.807, 2.05) is 6.92 Å². The van der Waals surface area contributed by atoms with Gasteiger partial charge in [0.05, 0.1) is 11.4 Å². The molecular formula is C13H21ClN4. The van der Waals surface area contributed by atoms with E-state index >= 15 is 0 Å². The average molecular weight is 269 g/mol. The fraction of sp³-hybridized carbons (Fsp3) is 0.692. The van der Waals surface area contributed by atoms with E-state index in [1.54, 1.807) is 0 Å². The van der Waals surface area contributed by atoms with Gasteiger partial charge in [0.1, 0.15) is 0 Å². The van der Waals surface area contributed by atoms with Crippen LogP contribution in [0.5, 0.6) is 0 Å². The zero-order valence-corrected chi connectivity index (χ0v) is 11.9. The van der Waals surface area contributed by atoms with Crippen LogP contribution in [0.2, 0.25) is 5.28 Å². The van der Waals surface area contributed by atoms with Crippen LogP contribution in [0.25, 0.3) is 0 Å². The Morgan fingerprint density at radius 3 is 2.61 bits per heavy atom. The van der Waals surface area contributed by atoms with E-state index in [0.29, 0.717) is 5.69 Å². The van der Waals surface area contributed by atoms with Gasteiger partial charge in [-0.3, -0.25) is 0 Å². The summed E-state index contributed by atoms with van der Waals surface area (Å²) in [5.74, 6) is 1.66. The van der Waals surface area contributed by atoms with E-state index in [2.05, 4.69) is 21.8 Å². The molecule has 100 valence electrons. The van der Waals surface area contributed by atoms with Crippen molar-refractivity contribution >= 4 is 23.1 Å². The average Bonchev–Trinajstić information content (AvgIpc) is 2.35. The van der Waals surface area contributed by atoms with Gasteiger partial charge in [0.15, 0.2) is 5.82 Å². The number of nitrogens with zero attached hydrogens (tertiary/aromatic N) is 3. The van der Waals surface area contributed by atoms with E-state index in [9.17, 15) is 0 Å². The second-order valence-electron chi connectivity index (χ2n) is 5.03. The zero-order valence-electron chi connectivity index (χ0n) is 11.1. The normalized spacial score (nSPS) is 17.2.